The fraction of sp³-hybridized carbons (Fsp3) is 0.333. The molecule has 1 amide bonds. The third kappa shape index (κ3) is 5.80. The van der Waals surface area contributed by atoms with Gasteiger partial charge in [0, 0.05) is 29.7 Å². The van der Waals surface area contributed by atoms with Gasteiger partial charge in [-0.05, 0) is 105 Å². The predicted molar refractivity (Wildman–Crippen MR) is 149 cm³/mol. The molecule has 1 aromatic heterocycles. The zero-order chi connectivity index (χ0) is 24.9. The number of nitrogens with one attached hydrogen (secondary N) is 1. The van der Waals surface area contributed by atoms with E-state index in [4.69, 9.17) is 16.6 Å². The molecular weight excluding hydrogens is 468 g/mol. The Kier molecular flexibility index (Phi) is 7.69. The van der Waals surface area contributed by atoms with Crippen LogP contribution in [0.15, 0.2) is 72.8 Å². The highest BCUT2D eigenvalue weighted by atomic mass is 35.5. The second-order valence-electron chi connectivity index (χ2n) is 9.71. The molecule has 0 aliphatic carbocycles. The number of nitrogens with zero attached hydrogens (tertiary/aromatic N) is 3. The first kappa shape index (κ1) is 24.5. The molecule has 6 heteroatoms. The summed E-state index contributed by atoms with van der Waals surface area (Å²) in [5, 5.41) is 3.65. The summed E-state index contributed by atoms with van der Waals surface area (Å²) in [5.41, 5.74) is 5.55. The summed E-state index contributed by atoms with van der Waals surface area (Å²) in [6.07, 6.45) is 4.60. The van der Waals surface area contributed by atoms with Gasteiger partial charge in [-0.3, -0.25) is 4.79 Å². The molecule has 186 valence electrons. The van der Waals surface area contributed by atoms with Gasteiger partial charge in [-0.25, -0.2) is 4.98 Å². The summed E-state index contributed by atoms with van der Waals surface area (Å²) in [5.74, 6) is 1.55. The number of carbonyl (C=O) groups excluding carboxylic acids is 1. The molecule has 0 saturated carbocycles. The van der Waals surface area contributed by atoms with E-state index < -0.39 is 0 Å². The van der Waals surface area contributed by atoms with E-state index in [1.165, 1.54) is 11.1 Å². The summed E-state index contributed by atoms with van der Waals surface area (Å²) in [7, 11) is 0. The number of aromatic nitrogens is 2. The lowest BCUT2D eigenvalue weighted by atomic mass is 9.89. The Balaban J connectivity index is 1.15. The first-order valence-corrected chi connectivity index (χ1v) is 13.3. The van der Waals surface area contributed by atoms with E-state index in [2.05, 4.69) is 57.2 Å². The molecule has 5 nitrogen and oxygen atoms in total. The first-order chi connectivity index (χ1) is 17.6. The van der Waals surface area contributed by atoms with Gasteiger partial charge < -0.3 is 14.8 Å². The zero-order valence-corrected chi connectivity index (χ0v) is 21.5. The summed E-state index contributed by atoms with van der Waals surface area (Å²) in [6.45, 7) is 5.88. The molecule has 0 atom stereocenters. The van der Waals surface area contributed by atoms with Crippen LogP contribution in [0.2, 0.25) is 5.02 Å². The minimum absolute atomic E-state index is 0.0223. The van der Waals surface area contributed by atoms with Crippen molar-refractivity contribution in [3.05, 3.63) is 83.4 Å². The number of halogens is 1. The number of hydrogen-bond donors (Lipinski definition) is 1. The Morgan fingerprint density at radius 2 is 1.72 bits per heavy atom. The Hall–Kier alpha value is -3.15. The van der Waals surface area contributed by atoms with Gasteiger partial charge in [-0.1, -0.05) is 35.9 Å². The number of likely N-dealkylation sites (tertiary alicyclic amines) is 1. The number of amides is 1. The topological polar surface area (TPSA) is 50.2 Å². The van der Waals surface area contributed by atoms with E-state index in [1.54, 1.807) is 6.92 Å². The first-order valence-electron chi connectivity index (χ1n) is 12.9. The van der Waals surface area contributed by atoms with E-state index in [9.17, 15) is 4.79 Å². The van der Waals surface area contributed by atoms with Gasteiger partial charge in [0.15, 0.2) is 0 Å². The van der Waals surface area contributed by atoms with Crippen LogP contribution in [0.3, 0.4) is 0 Å². The van der Waals surface area contributed by atoms with Crippen molar-refractivity contribution < 1.29 is 4.79 Å². The quantitative estimate of drug-likeness (QED) is 0.266. The van der Waals surface area contributed by atoms with Crippen molar-refractivity contribution in [3.8, 4) is 11.4 Å². The van der Waals surface area contributed by atoms with Crippen LogP contribution in [0, 0.1) is 0 Å². The molecule has 5 rings (SSSR count). The summed E-state index contributed by atoms with van der Waals surface area (Å²) in [6, 6.07) is 24.7. The van der Waals surface area contributed by atoms with Crippen molar-refractivity contribution in [2.75, 3.05) is 25.0 Å². The molecule has 1 N–H and O–H groups in total. The molecular formula is C30H33ClN4O. The molecule has 2 heterocycles. The molecule has 3 aromatic carbocycles. The van der Waals surface area contributed by atoms with Gasteiger partial charge in [-0.15, -0.1) is 0 Å². The molecule has 4 aromatic rings. The number of anilines is 1. The Labute approximate surface area is 218 Å². The maximum absolute atomic E-state index is 11.4. The number of rotatable bonds is 8. The van der Waals surface area contributed by atoms with Crippen LogP contribution in [0.4, 0.5) is 5.69 Å². The van der Waals surface area contributed by atoms with Crippen LogP contribution in [0.25, 0.3) is 22.4 Å². The standard InChI is InChI=1S/C30H33ClN4O/c1-22(36)32-27-8-6-7-25(21-27)23-15-19-34(20-16-23)17-4-5-18-35-29-10-3-2-9-28(29)33-30(35)24-11-13-26(31)14-12-24/h2-3,6-14,21,23H,4-5,15-20H2,1H3,(H,32,36). The smallest absolute Gasteiger partial charge is 0.221 e. The number of hydrogen-bond acceptors (Lipinski definition) is 3. The third-order valence-electron chi connectivity index (χ3n) is 7.13. The average Bonchev–Trinajstić information content (AvgIpc) is 3.26. The largest absolute Gasteiger partial charge is 0.326 e. The highest BCUT2D eigenvalue weighted by Gasteiger charge is 2.21. The van der Waals surface area contributed by atoms with Gasteiger partial charge in [0.05, 0.1) is 11.0 Å². The maximum atomic E-state index is 11.4. The predicted octanol–water partition coefficient (Wildman–Crippen LogP) is 6.97. The number of aryl methyl sites for hydroxylation is 1. The lowest BCUT2D eigenvalue weighted by molar-refractivity contribution is -0.114. The Bertz CT molecular complexity index is 1320. The average molecular weight is 501 g/mol. The molecule has 1 saturated heterocycles. The molecule has 0 bridgehead atoms. The fourth-order valence-electron chi connectivity index (χ4n) is 5.29. The molecule has 1 aliphatic rings. The van der Waals surface area contributed by atoms with Gasteiger partial charge in [0.2, 0.25) is 5.91 Å². The number of benzene rings is 3. The van der Waals surface area contributed by atoms with Crippen LogP contribution in [-0.4, -0.2) is 40.0 Å². The number of imidazole rings is 1. The van der Waals surface area contributed by atoms with Crippen LogP contribution in [0.1, 0.15) is 44.1 Å². The summed E-state index contributed by atoms with van der Waals surface area (Å²) in [4.78, 5) is 18.9. The lowest BCUT2D eigenvalue weighted by Crippen LogP contribution is -2.33. The number of para-hydroxylation sites is 2. The number of carbonyl (C=O) groups is 1. The van der Waals surface area contributed by atoms with Crippen molar-refractivity contribution in [1.29, 1.82) is 0 Å². The maximum Gasteiger partial charge on any atom is 0.221 e. The van der Waals surface area contributed by atoms with Crippen molar-refractivity contribution in [2.45, 2.75) is 45.1 Å². The van der Waals surface area contributed by atoms with Crippen LogP contribution < -0.4 is 5.32 Å². The second-order valence-corrected chi connectivity index (χ2v) is 10.1. The van der Waals surface area contributed by atoms with Gasteiger partial charge in [0.25, 0.3) is 0 Å². The monoisotopic (exact) mass is 500 g/mol. The molecule has 0 spiro atoms. The lowest BCUT2D eigenvalue weighted by Gasteiger charge is -2.32. The van der Waals surface area contributed by atoms with E-state index in [0.717, 1.165) is 79.5 Å². The summed E-state index contributed by atoms with van der Waals surface area (Å²) >= 11 is 6.12. The van der Waals surface area contributed by atoms with E-state index in [-0.39, 0.29) is 5.91 Å². The summed E-state index contributed by atoms with van der Waals surface area (Å²) < 4.78 is 2.35. The minimum atomic E-state index is -0.0223. The molecule has 0 radical (unpaired) electrons. The Morgan fingerprint density at radius 1 is 0.972 bits per heavy atom. The van der Waals surface area contributed by atoms with Gasteiger partial charge in [0.1, 0.15) is 5.82 Å². The molecule has 1 fully saturated rings. The highest BCUT2D eigenvalue weighted by molar-refractivity contribution is 6.30. The van der Waals surface area contributed by atoms with Crippen LogP contribution >= 0.6 is 11.6 Å². The molecule has 1 aliphatic heterocycles. The van der Waals surface area contributed by atoms with Crippen molar-refractivity contribution >= 4 is 34.2 Å². The number of fused-ring (bicyclic) bond motifs is 1. The highest BCUT2D eigenvalue weighted by Crippen LogP contribution is 2.30. The van der Waals surface area contributed by atoms with Crippen molar-refractivity contribution in [1.82, 2.24) is 14.5 Å². The minimum Gasteiger partial charge on any atom is -0.326 e. The zero-order valence-electron chi connectivity index (χ0n) is 20.8. The van der Waals surface area contributed by atoms with Gasteiger partial charge in [-0.2, -0.15) is 0 Å². The van der Waals surface area contributed by atoms with E-state index in [0.29, 0.717) is 5.92 Å². The number of piperidine rings is 1. The number of unbranched alkanes of at least 4 members (excludes halogenated alkanes) is 1. The van der Waals surface area contributed by atoms with Crippen LogP contribution in [0.5, 0.6) is 0 Å². The fourth-order valence-corrected chi connectivity index (χ4v) is 5.42. The van der Waals surface area contributed by atoms with Crippen LogP contribution in [-0.2, 0) is 11.3 Å². The van der Waals surface area contributed by atoms with Crippen molar-refractivity contribution in [3.63, 3.8) is 0 Å². The van der Waals surface area contributed by atoms with Gasteiger partial charge >= 0.3 is 0 Å². The normalized spacial score (nSPS) is 14.8. The third-order valence-corrected chi connectivity index (χ3v) is 7.38. The second kappa shape index (κ2) is 11.3. The Morgan fingerprint density at radius 3 is 2.50 bits per heavy atom. The van der Waals surface area contributed by atoms with E-state index >= 15 is 0 Å². The SMILES string of the molecule is CC(=O)Nc1cccc(C2CCN(CCCCn3c(-c4ccc(Cl)cc4)nc4ccccc43)CC2)c1. The van der Waals surface area contributed by atoms with Crippen molar-refractivity contribution in [2.24, 2.45) is 0 Å². The van der Waals surface area contributed by atoms with E-state index in [1.807, 2.05) is 30.3 Å². The molecule has 0 unspecified atom stereocenters. The molecule has 36 heavy (non-hydrogen) atoms.